The Labute approximate surface area is 310 Å². The van der Waals surface area contributed by atoms with Crippen LogP contribution >= 0.6 is 0 Å². The van der Waals surface area contributed by atoms with Crippen LogP contribution in [0.15, 0.2) is 45.6 Å². The number of ether oxygens (including phenoxy) is 7. The summed E-state index contributed by atoms with van der Waals surface area (Å²) in [5, 5.41) is 103. The molecule has 0 spiro atoms. The van der Waals surface area contributed by atoms with Crippen molar-refractivity contribution in [1.82, 2.24) is 0 Å². The Hall–Kier alpha value is -4.16. The minimum atomic E-state index is -1.92. The molecular weight excluding hydrogens is 740 g/mol. The standard InChI is InChI=1S/C35H42O20/c1-11-21(40)25(44)27(46)33(48-11)51-16-8-17(39)20-18(9-16)52-29(14-4-6-15(38)7-5-14)31(24(20)43)55-35-32(50-13(3)37)30(22(41)12(2)49-35)54-34-28(47)26(45)23(42)19(10-36)53-34/h4-9,11-12,19,21-23,25-28,30,32-36,38-42,44-47H,10H2,1-3H3/t11-,12-,19+,21-,22-,23+,25+,26-,27+,28+,30+,32+,33-,34-,35-/m0/s1. The van der Waals surface area contributed by atoms with Crippen LogP contribution in [0.4, 0.5) is 0 Å². The molecule has 2 aromatic carbocycles. The van der Waals surface area contributed by atoms with E-state index < -0.39 is 127 Å². The van der Waals surface area contributed by atoms with Crippen LogP contribution < -0.4 is 14.9 Å². The van der Waals surface area contributed by atoms with Crippen LogP contribution in [0.25, 0.3) is 22.3 Å². The summed E-state index contributed by atoms with van der Waals surface area (Å²) in [6, 6.07) is 7.41. The lowest BCUT2D eigenvalue weighted by Crippen LogP contribution is -2.65. The second-order valence-corrected chi connectivity index (χ2v) is 13.4. The van der Waals surface area contributed by atoms with Gasteiger partial charge in [0, 0.05) is 24.6 Å². The molecule has 55 heavy (non-hydrogen) atoms. The Balaban J connectivity index is 1.40. The second-order valence-electron chi connectivity index (χ2n) is 13.4. The Kier molecular flexibility index (Phi) is 11.9. The molecule has 20 heteroatoms. The molecule has 4 heterocycles. The Morgan fingerprint density at radius 2 is 1.35 bits per heavy atom. The fraction of sp³-hybridized carbons (Fsp3) is 0.543. The van der Waals surface area contributed by atoms with Crippen molar-refractivity contribution in [2.24, 2.45) is 0 Å². The number of rotatable bonds is 9. The van der Waals surface area contributed by atoms with Gasteiger partial charge < -0.3 is 88.6 Å². The van der Waals surface area contributed by atoms with Gasteiger partial charge in [-0.25, -0.2) is 0 Å². The van der Waals surface area contributed by atoms with Crippen molar-refractivity contribution in [2.45, 2.75) is 113 Å². The van der Waals surface area contributed by atoms with Gasteiger partial charge >= 0.3 is 5.97 Å². The van der Waals surface area contributed by atoms with Crippen molar-refractivity contribution in [2.75, 3.05) is 6.61 Å². The third kappa shape index (κ3) is 7.94. The van der Waals surface area contributed by atoms with Crippen molar-refractivity contribution in [1.29, 1.82) is 0 Å². The highest BCUT2D eigenvalue weighted by atomic mass is 16.8. The van der Waals surface area contributed by atoms with Gasteiger partial charge in [-0.1, -0.05) is 0 Å². The number of aliphatic hydroxyl groups is 8. The number of benzene rings is 2. The molecule has 0 aliphatic carbocycles. The van der Waals surface area contributed by atoms with Gasteiger partial charge in [0.05, 0.1) is 18.8 Å². The highest BCUT2D eigenvalue weighted by Gasteiger charge is 2.53. The van der Waals surface area contributed by atoms with Gasteiger partial charge in [-0.3, -0.25) is 9.59 Å². The fourth-order valence-electron chi connectivity index (χ4n) is 6.48. The van der Waals surface area contributed by atoms with E-state index in [9.17, 15) is 60.7 Å². The molecule has 3 aliphatic rings. The van der Waals surface area contributed by atoms with Gasteiger partial charge in [-0.15, -0.1) is 0 Å². The van der Waals surface area contributed by atoms with Crippen molar-refractivity contribution in [3.05, 3.63) is 46.6 Å². The first-order chi connectivity index (χ1) is 26.0. The highest BCUT2D eigenvalue weighted by Crippen LogP contribution is 2.39. The Bertz CT molecular complexity index is 1880. The molecule has 3 aliphatic heterocycles. The molecule has 1 aromatic heterocycles. The van der Waals surface area contributed by atoms with E-state index in [1.807, 2.05) is 0 Å². The molecule has 20 nitrogen and oxygen atoms in total. The van der Waals surface area contributed by atoms with Gasteiger partial charge in [0.15, 0.2) is 18.2 Å². The van der Waals surface area contributed by atoms with Crippen molar-refractivity contribution in [3.8, 4) is 34.3 Å². The molecule has 0 unspecified atom stereocenters. The average molecular weight is 783 g/mol. The predicted octanol–water partition coefficient (Wildman–Crippen LogP) is -2.32. The molecular formula is C35H42O20. The Morgan fingerprint density at radius 3 is 2.00 bits per heavy atom. The highest BCUT2D eigenvalue weighted by molar-refractivity contribution is 5.88. The molecule has 3 aromatic rings. The smallest absolute Gasteiger partial charge is 0.303 e. The summed E-state index contributed by atoms with van der Waals surface area (Å²) in [7, 11) is 0. The number of hydrogen-bond donors (Lipinski definition) is 10. The molecule has 3 fully saturated rings. The lowest BCUT2D eigenvalue weighted by Gasteiger charge is -2.46. The van der Waals surface area contributed by atoms with E-state index in [0.717, 1.165) is 13.0 Å². The lowest BCUT2D eigenvalue weighted by molar-refractivity contribution is -0.350. The minimum Gasteiger partial charge on any atom is -0.508 e. The molecule has 302 valence electrons. The summed E-state index contributed by atoms with van der Waals surface area (Å²) in [5.41, 5.74) is -1.16. The molecule has 0 radical (unpaired) electrons. The quantitative estimate of drug-likeness (QED) is 0.102. The SMILES string of the molecule is CC(=O)O[C@H]1[C@H](Oc2c(-c3ccc(O)cc3)oc3cc(O[C@@H]4O[C@@H](C)[C@H](O)[C@@H](O)[C@H]4O)cc(O)c3c2=O)O[C@@H](C)[C@H](O)[C@H]1O[C@@H]1O[C@H](CO)[C@@H](O)[C@H](O)[C@H]1O. The molecule has 6 rings (SSSR count). The molecule has 0 bridgehead atoms. The van der Waals surface area contributed by atoms with Crippen LogP contribution in [0.1, 0.15) is 20.8 Å². The number of carbonyl (C=O) groups is 1. The lowest BCUT2D eigenvalue weighted by atomic mass is 9.97. The van der Waals surface area contributed by atoms with E-state index in [1.54, 1.807) is 0 Å². The maximum atomic E-state index is 14.3. The average Bonchev–Trinajstić information content (AvgIpc) is 3.14. The molecule has 10 N–H and O–H groups in total. The van der Waals surface area contributed by atoms with Crippen LogP contribution in [0.2, 0.25) is 0 Å². The normalized spacial score (nSPS) is 36.7. The van der Waals surface area contributed by atoms with Crippen LogP contribution in [-0.2, 0) is 28.5 Å². The number of aliphatic hydroxyl groups excluding tert-OH is 8. The number of esters is 1. The molecule has 0 saturated carbocycles. The van der Waals surface area contributed by atoms with Gasteiger partial charge in [0.1, 0.15) is 83.2 Å². The van der Waals surface area contributed by atoms with E-state index in [4.69, 9.17) is 37.6 Å². The Morgan fingerprint density at radius 1 is 0.727 bits per heavy atom. The maximum absolute atomic E-state index is 14.3. The van der Waals surface area contributed by atoms with E-state index in [0.29, 0.717) is 0 Å². The van der Waals surface area contributed by atoms with Crippen molar-refractivity contribution in [3.63, 3.8) is 0 Å². The van der Waals surface area contributed by atoms with Gasteiger partial charge in [-0.05, 0) is 38.1 Å². The number of carbonyl (C=O) groups excluding carboxylic acids is 1. The van der Waals surface area contributed by atoms with E-state index >= 15 is 0 Å². The second kappa shape index (κ2) is 16.1. The number of fused-ring (bicyclic) bond motifs is 1. The zero-order valence-electron chi connectivity index (χ0n) is 29.4. The molecule has 0 amide bonds. The molecule has 15 atom stereocenters. The number of hydrogen-bond acceptors (Lipinski definition) is 20. The van der Waals surface area contributed by atoms with Gasteiger partial charge in [0.25, 0.3) is 0 Å². The van der Waals surface area contributed by atoms with E-state index in [-0.39, 0.29) is 28.4 Å². The summed E-state index contributed by atoms with van der Waals surface area (Å²) in [4.78, 5) is 26.7. The van der Waals surface area contributed by atoms with Crippen molar-refractivity contribution >= 4 is 16.9 Å². The number of phenolic OH excluding ortho intramolecular Hbond substituents is 2. The molecule has 3 saturated heterocycles. The first-order valence-electron chi connectivity index (χ1n) is 17.1. The minimum absolute atomic E-state index is 0.136. The number of phenols is 2. The van der Waals surface area contributed by atoms with Crippen molar-refractivity contribution < 1.29 is 93.4 Å². The first kappa shape index (κ1) is 40.5. The van der Waals surface area contributed by atoms with Crippen LogP contribution in [0.3, 0.4) is 0 Å². The topological polar surface area (TPSA) is 314 Å². The van der Waals surface area contributed by atoms with Crippen LogP contribution in [0.5, 0.6) is 23.0 Å². The summed E-state index contributed by atoms with van der Waals surface area (Å²) < 4.78 is 45.9. The summed E-state index contributed by atoms with van der Waals surface area (Å²) >= 11 is 0. The van der Waals surface area contributed by atoms with Crippen LogP contribution in [-0.4, -0.2) is 156 Å². The summed E-state index contributed by atoms with van der Waals surface area (Å²) in [6.07, 6.45) is -24.0. The van der Waals surface area contributed by atoms with Crippen LogP contribution in [0, 0.1) is 0 Å². The number of aromatic hydroxyl groups is 2. The zero-order valence-corrected chi connectivity index (χ0v) is 29.4. The van der Waals surface area contributed by atoms with Gasteiger partial charge in [-0.2, -0.15) is 0 Å². The first-order valence-corrected chi connectivity index (χ1v) is 17.1. The summed E-state index contributed by atoms with van der Waals surface area (Å²) in [6.45, 7) is 3.03. The largest absolute Gasteiger partial charge is 0.508 e. The zero-order chi connectivity index (χ0) is 40.0. The monoisotopic (exact) mass is 782 g/mol. The third-order valence-electron chi connectivity index (χ3n) is 9.53. The summed E-state index contributed by atoms with van der Waals surface area (Å²) in [5.74, 6) is -2.95. The predicted molar refractivity (Wildman–Crippen MR) is 179 cm³/mol. The maximum Gasteiger partial charge on any atom is 0.303 e. The third-order valence-corrected chi connectivity index (χ3v) is 9.53. The fourth-order valence-corrected chi connectivity index (χ4v) is 6.48. The van der Waals surface area contributed by atoms with E-state index in [2.05, 4.69) is 0 Å². The van der Waals surface area contributed by atoms with Gasteiger partial charge in [0.2, 0.25) is 23.8 Å². The van der Waals surface area contributed by atoms with E-state index in [1.165, 1.54) is 44.2 Å².